The van der Waals surface area contributed by atoms with Gasteiger partial charge in [-0.05, 0) is 68.7 Å². The van der Waals surface area contributed by atoms with E-state index in [1.807, 2.05) is 54.3 Å². The number of unbranched alkanes of at least 4 members (excludes halogenated alkanes) is 2. The number of hydrogen-bond donors (Lipinski definition) is 2. The Labute approximate surface area is 205 Å². The van der Waals surface area contributed by atoms with Gasteiger partial charge in [0.15, 0.2) is 5.43 Å². The summed E-state index contributed by atoms with van der Waals surface area (Å²) in [6.45, 7) is 3.09. The molecule has 35 heavy (non-hydrogen) atoms. The minimum Gasteiger partial charge on any atom is -0.450 e. The van der Waals surface area contributed by atoms with Crippen LogP contribution in [-0.2, 0) is 16.0 Å². The molecule has 2 aromatic carbocycles. The molecule has 1 unspecified atom stereocenters. The Kier molecular flexibility index (Phi) is 8.19. The third kappa shape index (κ3) is 6.50. The lowest BCUT2D eigenvalue weighted by molar-refractivity contribution is -0.130. The van der Waals surface area contributed by atoms with Crippen LogP contribution in [0, 0.1) is 0 Å². The number of carbonyl (C=O) groups is 2. The van der Waals surface area contributed by atoms with Crippen molar-refractivity contribution < 1.29 is 14.3 Å². The smallest absolute Gasteiger partial charge is 0.407 e. The molecule has 1 aromatic heterocycles. The van der Waals surface area contributed by atoms with Gasteiger partial charge in [0, 0.05) is 35.2 Å². The molecule has 0 bridgehead atoms. The molecule has 0 radical (unpaired) electrons. The summed E-state index contributed by atoms with van der Waals surface area (Å²) in [6, 6.07) is 17.7. The molecule has 3 aromatic rings. The van der Waals surface area contributed by atoms with Crippen LogP contribution in [0.2, 0.25) is 0 Å². The molecule has 184 valence electrons. The van der Waals surface area contributed by atoms with Gasteiger partial charge in [0.1, 0.15) is 6.54 Å². The van der Waals surface area contributed by atoms with Crippen molar-refractivity contribution in [2.75, 3.05) is 19.7 Å². The Hall–Kier alpha value is -3.61. The number of nitrogens with zero attached hydrogens (tertiary/aromatic N) is 1. The molecule has 2 N–H and O–H groups in total. The third-order valence-corrected chi connectivity index (χ3v) is 6.58. The van der Waals surface area contributed by atoms with E-state index < -0.39 is 6.09 Å². The molecule has 1 atom stereocenters. The van der Waals surface area contributed by atoms with Gasteiger partial charge in [-0.1, -0.05) is 36.4 Å². The van der Waals surface area contributed by atoms with Crippen molar-refractivity contribution in [3.8, 4) is 11.3 Å². The number of amides is 2. The van der Waals surface area contributed by atoms with Crippen molar-refractivity contribution in [1.29, 1.82) is 0 Å². The fraction of sp³-hybridized carbons (Fsp3) is 0.393. The summed E-state index contributed by atoms with van der Waals surface area (Å²) in [7, 11) is 0. The number of aromatic amines is 1. The number of fused-ring (bicyclic) bond motifs is 1. The van der Waals surface area contributed by atoms with E-state index in [1.165, 1.54) is 0 Å². The van der Waals surface area contributed by atoms with Gasteiger partial charge in [0.25, 0.3) is 0 Å². The van der Waals surface area contributed by atoms with E-state index in [-0.39, 0.29) is 23.9 Å². The Morgan fingerprint density at radius 2 is 1.91 bits per heavy atom. The number of nitrogens with one attached hydrogen (secondary N) is 2. The highest BCUT2D eigenvalue weighted by Gasteiger charge is 2.25. The van der Waals surface area contributed by atoms with Crippen LogP contribution in [-0.4, -0.2) is 47.6 Å². The zero-order valence-corrected chi connectivity index (χ0v) is 20.2. The quantitative estimate of drug-likeness (QED) is 0.441. The van der Waals surface area contributed by atoms with Crippen LogP contribution in [0.3, 0.4) is 0 Å². The van der Waals surface area contributed by atoms with E-state index in [0.29, 0.717) is 12.0 Å². The van der Waals surface area contributed by atoms with Crippen LogP contribution in [0.4, 0.5) is 4.79 Å². The predicted molar refractivity (Wildman–Crippen MR) is 137 cm³/mol. The highest BCUT2D eigenvalue weighted by Crippen LogP contribution is 2.20. The monoisotopic (exact) mass is 475 g/mol. The predicted octanol–water partition coefficient (Wildman–Crippen LogP) is 4.65. The molecule has 0 spiro atoms. The Morgan fingerprint density at radius 3 is 2.69 bits per heavy atom. The highest BCUT2D eigenvalue weighted by molar-refractivity contribution is 5.83. The van der Waals surface area contributed by atoms with E-state index in [1.54, 1.807) is 6.07 Å². The lowest BCUT2D eigenvalue weighted by Gasteiger charge is -2.21. The van der Waals surface area contributed by atoms with Crippen molar-refractivity contribution in [3.05, 3.63) is 70.4 Å². The topological polar surface area (TPSA) is 91.5 Å². The molecule has 2 amide bonds. The van der Waals surface area contributed by atoms with Crippen LogP contribution >= 0.6 is 0 Å². The fourth-order valence-electron chi connectivity index (χ4n) is 4.60. The molecule has 1 fully saturated rings. The van der Waals surface area contributed by atoms with Gasteiger partial charge in [-0.2, -0.15) is 0 Å². The Morgan fingerprint density at radius 1 is 1.09 bits per heavy atom. The number of aromatic nitrogens is 1. The second kappa shape index (κ2) is 11.7. The largest absolute Gasteiger partial charge is 0.450 e. The van der Waals surface area contributed by atoms with E-state index in [0.717, 1.165) is 67.4 Å². The number of aryl methyl sites for hydroxylation is 1. The molecular weight excluding hydrogens is 442 g/mol. The minimum atomic E-state index is -0.547. The standard InChI is InChI=1S/C28H33N3O4/c1-20-9-8-15-31(20)27(33)19-29-28(34)35-16-7-3-4-10-21-13-14-24-23(17-21)26(32)18-25(30-24)22-11-5-2-6-12-22/h2,5-6,11-14,17-18,20H,3-4,7-10,15-16,19H2,1H3,(H,29,34)(H,30,32). The molecule has 0 aliphatic carbocycles. The maximum absolute atomic E-state index is 12.7. The summed E-state index contributed by atoms with van der Waals surface area (Å²) in [4.78, 5) is 41.8. The summed E-state index contributed by atoms with van der Waals surface area (Å²) in [5, 5.41) is 3.24. The normalized spacial score (nSPS) is 15.3. The molecule has 2 heterocycles. The van der Waals surface area contributed by atoms with Gasteiger partial charge in [0.05, 0.1) is 6.61 Å². The van der Waals surface area contributed by atoms with Crippen molar-refractivity contribution in [3.63, 3.8) is 0 Å². The van der Waals surface area contributed by atoms with Gasteiger partial charge >= 0.3 is 6.09 Å². The highest BCUT2D eigenvalue weighted by atomic mass is 16.5. The van der Waals surface area contributed by atoms with Crippen molar-refractivity contribution >= 4 is 22.9 Å². The van der Waals surface area contributed by atoms with Crippen molar-refractivity contribution in [1.82, 2.24) is 15.2 Å². The first-order valence-electron chi connectivity index (χ1n) is 12.4. The molecule has 1 aliphatic rings. The van der Waals surface area contributed by atoms with Gasteiger partial charge in [-0.3, -0.25) is 9.59 Å². The van der Waals surface area contributed by atoms with E-state index in [9.17, 15) is 14.4 Å². The minimum absolute atomic E-state index is 0.0107. The lowest BCUT2D eigenvalue weighted by atomic mass is 10.0. The molecule has 1 saturated heterocycles. The third-order valence-electron chi connectivity index (χ3n) is 6.58. The zero-order chi connectivity index (χ0) is 24.6. The summed E-state index contributed by atoms with van der Waals surface area (Å²) in [5.41, 5.74) is 3.76. The van der Waals surface area contributed by atoms with Crippen LogP contribution in [0.1, 0.15) is 44.6 Å². The summed E-state index contributed by atoms with van der Waals surface area (Å²) < 4.78 is 5.19. The number of H-pyrrole nitrogens is 1. The average molecular weight is 476 g/mol. The van der Waals surface area contributed by atoms with E-state index in [2.05, 4.69) is 16.4 Å². The summed E-state index contributed by atoms with van der Waals surface area (Å²) in [5.74, 6) is -0.0579. The van der Waals surface area contributed by atoms with E-state index >= 15 is 0 Å². The van der Waals surface area contributed by atoms with Crippen LogP contribution < -0.4 is 10.7 Å². The molecule has 7 heteroatoms. The molecule has 1 aliphatic heterocycles. The van der Waals surface area contributed by atoms with Gasteiger partial charge in [-0.25, -0.2) is 4.79 Å². The van der Waals surface area contributed by atoms with Gasteiger partial charge in [-0.15, -0.1) is 0 Å². The first-order valence-corrected chi connectivity index (χ1v) is 12.4. The summed E-state index contributed by atoms with van der Waals surface area (Å²) in [6.07, 6.45) is 4.92. The number of ether oxygens (including phenoxy) is 1. The first-order chi connectivity index (χ1) is 17.0. The van der Waals surface area contributed by atoms with Crippen LogP contribution in [0.5, 0.6) is 0 Å². The van der Waals surface area contributed by atoms with E-state index in [4.69, 9.17) is 4.74 Å². The van der Waals surface area contributed by atoms with Crippen LogP contribution in [0.15, 0.2) is 59.4 Å². The number of alkyl carbamates (subject to hydrolysis) is 1. The lowest BCUT2D eigenvalue weighted by Crippen LogP contribution is -2.41. The van der Waals surface area contributed by atoms with Gasteiger partial charge < -0.3 is 19.9 Å². The Bertz CT molecular complexity index is 1220. The van der Waals surface area contributed by atoms with Gasteiger partial charge in [0.2, 0.25) is 5.91 Å². The Balaban J connectivity index is 1.17. The number of hydrogen-bond acceptors (Lipinski definition) is 4. The maximum Gasteiger partial charge on any atom is 0.407 e. The fourth-order valence-corrected chi connectivity index (χ4v) is 4.60. The second-order valence-electron chi connectivity index (χ2n) is 9.17. The number of rotatable bonds is 9. The number of carbonyl (C=O) groups excluding carboxylic acids is 2. The number of benzene rings is 2. The first kappa shape index (κ1) is 24.5. The zero-order valence-electron chi connectivity index (χ0n) is 20.2. The van der Waals surface area contributed by atoms with Crippen molar-refractivity contribution in [2.45, 2.75) is 51.5 Å². The molecule has 4 rings (SSSR count). The SMILES string of the molecule is CC1CCCN1C(=O)CNC(=O)OCCCCCc1ccc2[nH]c(-c3ccccc3)cc(=O)c2c1. The maximum atomic E-state index is 12.7. The molecule has 0 saturated carbocycles. The summed E-state index contributed by atoms with van der Waals surface area (Å²) >= 11 is 0. The second-order valence-corrected chi connectivity index (χ2v) is 9.17. The number of pyridine rings is 1. The molecular formula is C28H33N3O4. The van der Waals surface area contributed by atoms with Crippen LogP contribution in [0.25, 0.3) is 22.2 Å². The average Bonchev–Trinajstić information content (AvgIpc) is 3.31. The molecule has 7 nitrogen and oxygen atoms in total. The van der Waals surface area contributed by atoms with Crippen molar-refractivity contribution in [2.24, 2.45) is 0 Å². The number of likely N-dealkylation sites (tertiary alicyclic amines) is 1.